The molecule has 1 saturated carbocycles. The second-order valence-corrected chi connectivity index (χ2v) is 8.88. The van der Waals surface area contributed by atoms with Crippen molar-refractivity contribution in [3.05, 3.63) is 28.1 Å². The SMILES string of the molecule is CCS[C@H]1CCC[C@@H]1NC(=O)c1sc(-c2cccs2)nc1C. The van der Waals surface area contributed by atoms with E-state index < -0.39 is 0 Å². The summed E-state index contributed by atoms with van der Waals surface area (Å²) in [6, 6.07) is 4.38. The second kappa shape index (κ2) is 7.15. The molecule has 3 rings (SSSR count). The molecule has 2 aromatic rings. The first-order valence-corrected chi connectivity index (χ1v) is 10.4. The molecule has 0 bridgehead atoms. The predicted molar refractivity (Wildman–Crippen MR) is 97.2 cm³/mol. The van der Waals surface area contributed by atoms with Gasteiger partial charge >= 0.3 is 0 Å². The molecule has 0 radical (unpaired) electrons. The smallest absolute Gasteiger partial charge is 0.263 e. The van der Waals surface area contributed by atoms with Crippen LogP contribution in [0, 0.1) is 6.92 Å². The van der Waals surface area contributed by atoms with Crippen molar-refractivity contribution in [2.75, 3.05) is 5.75 Å². The lowest BCUT2D eigenvalue weighted by Crippen LogP contribution is -2.38. The van der Waals surface area contributed by atoms with Crippen molar-refractivity contribution in [2.24, 2.45) is 0 Å². The van der Waals surface area contributed by atoms with E-state index in [2.05, 4.69) is 23.3 Å². The summed E-state index contributed by atoms with van der Waals surface area (Å²) in [5.74, 6) is 1.16. The molecule has 0 unspecified atom stereocenters. The molecule has 0 spiro atoms. The molecule has 2 aromatic heterocycles. The number of carbonyl (C=O) groups excluding carboxylic acids is 1. The van der Waals surface area contributed by atoms with Crippen LogP contribution in [0.1, 0.15) is 41.6 Å². The number of rotatable bonds is 5. The summed E-state index contributed by atoms with van der Waals surface area (Å²) in [7, 11) is 0. The van der Waals surface area contributed by atoms with Crippen molar-refractivity contribution < 1.29 is 4.79 Å². The molecule has 1 amide bonds. The van der Waals surface area contributed by atoms with Crippen molar-refractivity contribution in [1.29, 1.82) is 0 Å². The van der Waals surface area contributed by atoms with Gasteiger partial charge in [0.15, 0.2) is 0 Å². The van der Waals surface area contributed by atoms with E-state index in [4.69, 9.17) is 0 Å². The van der Waals surface area contributed by atoms with Crippen LogP contribution in [0.25, 0.3) is 9.88 Å². The maximum Gasteiger partial charge on any atom is 0.263 e. The molecule has 0 saturated heterocycles. The third-order valence-electron chi connectivity index (χ3n) is 3.88. The van der Waals surface area contributed by atoms with Gasteiger partial charge in [0.2, 0.25) is 0 Å². The van der Waals surface area contributed by atoms with Crippen LogP contribution < -0.4 is 5.32 Å². The summed E-state index contributed by atoms with van der Waals surface area (Å²) < 4.78 is 0. The standard InChI is InChI=1S/C16H20N2OS3/c1-3-20-12-7-4-6-11(12)18-15(19)14-10(2)17-16(22-14)13-8-5-9-21-13/h5,8-9,11-12H,3-4,6-7H2,1-2H3,(H,18,19)/t11-,12-/m0/s1. The van der Waals surface area contributed by atoms with Gasteiger partial charge in [-0.15, -0.1) is 22.7 Å². The van der Waals surface area contributed by atoms with Gasteiger partial charge in [-0.2, -0.15) is 11.8 Å². The number of hydrogen-bond acceptors (Lipinski definition) is 5. The van der Waals surface area contributed by atoms with E-state index >= 15 is 0 Å². The first kappa shape index (κ1) is 16.0. The zero-order valence-corrected chi connectivity index (χ0v) is 15.2. The Morgan fingerprint density at radius 1 is 1.50 bits per heavy atom. The Morgan fingerprint density at radius 3 is 3.09 bits per heavy atom. The Balaban J connectivity index is 1.72. The lowest BCUT2D eigenvalue weighted by Gasteiger charge is -2.19. The molecular weight excluding hydrogens is 332 g/mol. The van der Waals surface area contributed by atoms with E-state index in [0.29, 0.717) is 11.3 Å². The Labute approximate surface area is 143 Å². The number of carbonyl (C=O) groups is 1. The minimum Gasteiger partial charge on any atom is -0.347 e. The third-order valence-corrected chi connectivity index (χ3v) is 7.41. The van der Waals surface area contributed by atoms with Crippen molar-refractivity contribution >= 4 is 40.3 Å². The topological polar surface area (TPSA) is 42.0 Å². The van der Waals surface area contributed by atoms with Gasteiger partial charge in [0.05, 0.1) is 10.6 Å². The highest BCUT2D eigenvalue weighted by molar-refractivity contribution is 7.99. The van der Waals surface area contributed by atoms with Crippen LogP contribution in [0.5, 0.6) is 0 Å². The van der Waals surface area contributed by atoms with E-state index in [-0.39, 0.29) is 5.91 Å². The third kappa shape index (κ3) is 3.39. The Hall–Kier alpha value is -0.850. The number of thiazole rings is 1. The van der Waals surface area contributed by atoms with Crippen LogP contribution >= 0.6 is 34.4 Å². The molecule has 2 heterocycles. The van der Waals surface area contributed by atoms with Gasteiger partial charge in [-0.05, 0) is 37.0 Å². The van der Waals surface area contributed by atoms with Gasteiger partial charge in [-0.25, -0.2) is 4.98 Å². The minimum absolute atomic E-state index is 0.0476. The summed E-state index contributed by atoms with van der Waals surface area (Å²) >= 11 is 5.13. The minimum atomic E-state index is 0.0476. The van der Waals surface area contributed by atoms with Crippen LogP contribution in [0.3, 0.4) is 0 Å². The first-order valence-electron chi connectivity index (χ1n) is 7.62. The number of nitrogens with one attached hydrogen (secondary N) is 1. The highest BCUT2D eigenvalue weighted by Crippen LogP contribution is 2.33. The van der Waals surface area contributed by atoms with Crippen LogP contribution in [-0.4, -0.2) is 27.9 Å². The number of aryl methyl sites for hydroxylation is 1. The molecule has 1 aliphatic rings. The number of thioether (sulfide) groups is 1. The summed E-state index contributed by atoms with van der Waals surface area (Å²) in [5, 5.41) is 6.80. The average molecular weight is 353 g/mol. The lowest BCUT2D eigenvalue weighted by atomic mass is 10.2. The fourth-order valence-corrected chi connectivity index (χ4v) is 5.82. The Kier molecular flexibility index (Phi) is 5.21. The van der Waals surface area contributed by atoms with Gasteiger partial charge in [0, 0.05) is 11.3 Å². The normalized spacial score (nSPS) is 21.2. The van der Waals surface area contributed by atoms with Crippen molar-refractivity contribution in [3.8, 4) is 9.88 Å². The number of hydrogen-bond donors (Lipinski definition) is 1. The molecule has 3 nitrogen and oxygen atoms in total. The second-order valence-electron chi connectivity index (χ2n) is 5.42. The van der Waals surface area contributed by atoms with Gasteiger partial charge in [0.25, 0.3) is 5.91 Å². The number of amides is 1. The summed E-state index contributed by atoms with van der Waals surface area (Å²) in [6.45, 7) is 4.11. The number of thiophene rings is 1. The monoisotopic (exact) mass is 352 g/mol. The zero-order chi connectivity index (χ0) is 15.5. The van der Waals surface area contributed by atoms with Gasteiger partial charge in [-0.1, -0.05) is 19.4 Å². The molecule has 22 heavy (non-hydrogen) atoms. The summed E-state index contributed by atoms with van der Waals surface area (Å²) in [6.07, 6.45) is 3.52. The number of aromatic nitrogens is 1. The van der Waals surface area contributed by atoms with Gasteiger partial charge < -0.3 is 5.32 Å². The van der Waals surface area contributed by atoms with E-state index in [1.807, 2.05) is 30.1 Å². The van der Waals surface area contributed by atoms with Crippen molar-refractivity contribution in [2.45, 2.75) is 44.4 Å². The quantitative estimate of drug-likeness (QED) is 0.856. The Morgan fingerprint density at radius 2 is 2.36 bits per heavy atom. The Bertz CT molecular complexity index is 636. The van der Waals surface area contributed by atoms with E-state index in [0.717, 1.165) is 32.6 Å². The molecule has 2 atom stereocenters. The molecule has 1 N–H and O–H groups in total. The summed E-state index contributed by atoms with van der Waals surface area (Å²) in [5.41, 5.74) is 0.837. The van der Waals surface area contributed by atoms with Crippen LogP contribution in [-0.2, 0) is 0 Å². The van der Waals surface area contributed by atoms with Crippen LogP contribution in [0.15, 0.2) is 17.5 Å². The first-order chi connectivity index (χ1) is 10.7. The molecule has 0 aliphatic heterocycles. The van der Waals surface area contributed by atoms with Crippen molar-refractivity contribution in [1.82, 2.24) is 10.3 Å². The molecule has 1 aliphatic carbocycles. The van der Waals surface area contributed by atoms with Gasteiger partial charge in [-0.3, -0.25) is 4.79 Å². The highest BCUT2D eigenvalue weighted by Gasteiger charge is 2.29. The maximum absolute atomic E-state index is 12.6. The van der Waals surface area contributed by atoms with E-state index in [1.54, 1.807) is 11.3 Å². The molecule has 6 heteroatoms. The largest absolute Gasteiger partial charge is 0.347 e. The highest BCUT2D eigenvalue weighted by atomic mass is 32.2. The van der Waals surface area contributed by atoms with Crippen LogP contribution in [0.4, 0.5) is 0 Å². The fraction of sp³-hybridized carbons (Fsp3) is 0.500. The van der Waals surface area contributed by atoms with Crippen LogP contribution in [0.2, 0.25) is 0 Å². The molecule has 1 fully saturated rings. The van der Waals surface area contributed by atoms with Crippen molar-refractivity contribution in [3.63, 3.8) is 0 Å². The fourth-order valence-electron chi connectivity index (χ4n) is 2.85. The molecule has 118 valence electrons. The maximum atomic E-state index is 12.6. The lowest BCUT2D eigenvalue weighted by molar-refractivity contribution is 0.0942. The van der Waals surface area contributed by atoms with E-state index in [1.165, 1.54) is 24.2 Å². The predicted octanol–water partition coefficient (Wildman–Crippen LogP) is 4.58. The molecule has 0 aromatic carbocycles. The average Bonchev–Trinajstić information content (AvgIpc) is 3.20. The summed E-state index contributed by atoms with van der Waals surface area (Å²) in [4.78, 5) is 19.1. The molecular formula is C16H20N2OS3. The van der Waals surface area contributed by atoms with Gasteiger partial charge in [0.1, 0.15) is 9.88 Å². The van der Waals surface area contributed by atoms with E-state index in [9.17, 15) is 4.79 Å². The number of nitrogens with zero attached hydrogens (tertiary/aromatic N) is 1. The zero-order valence-electron chi connectivity index (χ0n) is 12.8.